The quantitative estimate of drug-likeness (QED) is 0.749. The highest BCUT2D eigenvalue weighted by atomic mass is 32.2. The van der Waals surface area contributed by atoms with Gasteiger partial charge in [-0.3, -0.25) is 0 Å². The van der Waals surface area contributed by atoms with Gasteiger partial charge in [-0.05, 0) is 36.5 Å². The Hall–Kier alpha value is 0.310. The zero-order valence-corrected chi connectivity index (χ0v) is 9.79. The maximum atomic E-state index is 3.57. The second kappa shape index (κ2) is 3.47. The standard InChI is InChI=1S/C11H21NS/c1-8(2)12-7-10-6-11(10)4-5-13-9(11)3/h8-10,12H,4-7H2,1-3H3. The Morgan fingerprint density at radius 2 is 2.31 bits per heavy atom. The molecule has 2 fully saturated rings. The molecular weight excluding hydrogens is 178 g/mol. The van der Waals surface area contributed by atoms with Crippen LogP contribution in [0.15, 0.2) is 0 Å². The summed E-state index contributed by atoms with van der Waals surface area (Å²) in [6.45, 7) is 8.15. The van der Waals surface area contributed by atoms with E-state index in [4.69, 9.17) is 0 Å². The first kappa shape index (κ1) is 9.85. The van der Waals surface area contributed by atoms with Crippen LogP contribution in [0.25, 0.3) is 0 Å². The van der Waals surface area contributed by atoms with Crippen molar-refractivity contribution in [2.24, 2.45) is 11.3 Å². The third kappa shape index (κ3) is 1.75. The number of rotatable bonds is 3. The molecule has 13 heavy (non-hydrogen) atoms. The summed E-state index contributed by atoms with van der Waals surface area (Å²) in [4.78, 5) is 0. The molecule has 1 heterocycles. The summed E-state index contributed by atoms with van der Waals surface area (Å²) >= 11 is 2.18. The SMILES string of the molecule is CC(C)NCC1CC12CCSC2C. The summed E-state index contributed by atoms with van der Waals surface area (Å²) in [7, 11) is 0. The molecule has 1 saturated carbocycles. The molecule has 0 aromatic rings. The molecule has 1 aliphatic heterocycles. The van der Waals surface area contributed by atoms with Crippen molar-refractivity contribution in [2.45, 2.75) is 44.9 Å². The number of nitrogens with one attached hydrogen (secondary N) is 1. The summed E-state index contributed by atoms with van der Waals surface area (Å²) in [5, 5.41) is 4.49. The molecule has 76 valence electrons. The van der Waals surface area contributed by atoms with Crippen molar-refractivity contribution in [1.29, 1.82) is 0 Å². The van der Waals surface area contributed by atoms with E-state index in [1.165, 1.54) is 25.1 Å². The van der Waals surface area contributed by atoms with Crippen LogP contribution in [-0.2, 0) is 0 Å². The van der Waals surface area contributed by atoms with E-state index >= 15 is 0 Å². The lowest BCUT2D eigenvalue weighted by Gasteiger charge is -2.15. The molecule has 1 saturated heterocycles. The molecule has 2 rings (SSSR count). The molecule has 3 atom stereocenters. The molecule has 0 aromatic heterocycles. The monoisotopic (exact) mass is 199 g/mol. The van der Waals surface area contributed by atoms with Crippen LogP contribution in [0.2, 0.25) is 0 Å². The van der Waals surface area contributed by atoms with Crippen LogP contribution in [0.4, 0.5) is 0 Å². The average Bonchev–Trinajstić information content (AvgIpc) is 2.64. The minimum atomic E-state index is 0.655. The smallest absolute Gasteiger partial charge is 0.00787 e. The maximum absolute atomic E-state index is 3.57. The van der Waals surface area contributed by atoms with Gasteiger partial charge in [0.2, 0.25) is 0 Å². The molecule has 2 aliphatic rings. The van der Waals surface area contributed by atoms with Crippen LogP contribution >= 0.6 is 11.8 Å². The van der Waals surface area contributed by atoms with E-state index in [0.29, 0.717) is 6.04 Å². The highest BCUT2D eigenvalue weighted by Crippen LogP contribution is 2.64. The highest BCUT2D eigenvalue weighted by Gasteiger charge is 2.58. The third-order valence-electron chi connectivity index (χ3n) is 3.80. The van der Waals surface area contributed by atoms with Crippen LogP contribution in [0.5, 0.6) is 0 Å². The predicted molar refractivity (Wildman–Crippen MR) is 60.2 cm³/mol. The van der Waals surface area contributed by atoms with E-state index in [1.807, 2.05) is 0 Å². The molecule has 3 unspecified atom stereocenters. The Balaban J connectivity index is 1.80. The van der Waals surface area contributed by atoms with Crippen LogP contribution < -0.4 is 5.32 Å². The van der Waals surface area contributed by atoms with Crippen LogP contribution in [0.3, 0.4) is 0 Å². The summed E-state index contributed by atoms with van der Waals surface area (Å²) in [6, 6.07) is 0.655. The molecule has 2 heteroatoms. The lowest BCUT2D eigenvalue weighted by atomic mass is 9.97. The Morgan fingerprint density at radius 3 is 2.85 bits per heavy atom. The zero-order valence-electron chi connectivity index (χ0n) is 8.97. The molecule has 1 N–H and O–H groups in total. The molecule has 0 aromatic carbocycles. The predicted octanol–water partition coefficient (Wildman–Crippen LogP) is 2.52. The lowest BCUT2D eigenvalue weighted by molar-refractivity contribution is 0.430. The van der Waals surface area contributed by atoms with Gasteiger partial charge in [0, 0.05) is 11.3 Å². The Labute approximate surface area is 86.0 Å². The van der Waals surface area contributed by atoms with Gasteiger partial charge in [-0.1, -0.05) is 20.8 Å². The Kier molecular flexibility index (Phi) is 2.63. The van der Waals surface area contributed by atoms with Crippen molar-refractivity contribution in [3.63, 3.8) is 0 Å². The van der Waals surface area contributed by atoms with Gasteiger partial charge in [0.15, 0.2) is 0 Å². The van der Waals surface area contributed by atoms with Crippen molar-refractivity contribution in [2.75, 3.05) is 12.3 Å². The van der Waals surface area contributed by atoms with Crippen molar-refractivity contribution in [3.05, 3.63) is 0 Å². The van der Waals surface area contributed by atoms with Crippen molar-refractivity contribution in [1.82, 2.24) is 5.32 Å². The van der Waals surface area contributed by atoms with Gasteiger partial charge < -0.3 is 5.32 Å². The van der Waals surface area contributed by atoms with Crippen LogP contribution in [-0.4, -0.2) is 23.6 Å². The second-order valence-corrected chi connectivity index (χ2v) is 6.41. The molecule has 1 nitrogen and oxygen atoms in total. The van der Waals surface area contributed by atoms with E-state index in [9.17, 15) is 0 Å². The van der Waals surface area contributed by atoms with Gasteiger partial charge in [-0.25, -0.2) is 0 Å². The number of hydrogen-bond donors (Lipinski definition) is 1. The summed E-state index contributed by atoms with van der Waals surface area (Å²) in [6.07, 6.45) is 2.96. The Morgan fingerprint density at radius 1 is 1.54 bits per heavy atom. The zero-order chi connectivity index (χ0) is 9.47. The Bertz CT molecular complexity index is 193. The summed E-state index contributed by atoms with van der Waals surface area (Å²) in [5.41, 5.74) is 0.757. The first-order chi connectivity index (χ1) is 6.15. The molecular formula is C11H21NS. The molecule has 1 aliphatic carbocycles. The fourth-order valence-electron chi connectivity index (χ4n) is 2.65. The third-order valence-corrected chi connectivity index (χ3v) is 5.21. The molecule has 0 amide bonds. The van der Waals surface area contributed by atoms with Gasteiger partial charge in [0.05, 0.1) is 0 Å². The average molecular weight is 199 g/mol. The van der Waals surface area contributed by atoms with E-state index in [2.05, 4.69) is 37.8 Å². The van der Waals surface area contributed by atoms with Crippen molar-refractivity contribution in [3.8, 4) is 0 Å². The maximum Gasteiger partial charge on any atom is 0.00787 e. The fourth-order valence-corrected chi connectivity index (χ4v) is 4.24. The molecule has 0 bridgehead atoms. The first-order valence-corrected chi connectivity index (χ1v) is 6.55. The van der Waals surface area contributed by atoms with Crippen molar-refractivity contribution < 1.29 is 0 Å². The van der Waals surface area contributed by atoms with Gasteiger partial charge in [-0.15, -0.1) is 0 Å². The summed E-state index contributed by atoms with van der Waals surface area (Å²) < 4.78 is 0. The lowest BCUT2D eigenvalue weighted by Crippen LogP contribution is -2.27. The van der Waals surface area contributed by atoms with Gasteiger partial charge in [0.1, 0.15) is 0 Å². The summed E-state index contributed by atoms with van der Waals surface area (Å²) in [5.74, 6) is 2.39. The van der Waals surface area contributed by atoms with E-state index in [0.717, 1.165) is 16.6 Å². The van der Waals surface area contributed by atoms with E-state index in [-0.39, 0.29) is 0 Å². The van der Waals surface area contributed by atoms with Gasteiger partial charge in [-0.2, -0.15) is 11.8 Å². The molecule has 0 radical (unpaired) electrons. The highest BCUT2D eigenvalue weighted by molar-refractivity contribution is 8.00. The first-order valence-electron chi connectivity index (χ1n) is 5.50. The van der Waals surface area contributed by atoms with Gasteiger partial charge in [0.25, 0.3) is 0 Å². The fraction of sp³-hybridized carbons (Fsp3) is 1.00. The number of thioether (sulfide) groups is 1. The van der Waals surface area contributed by atoms with E-state index in [1.54, 1.807) is 0 Å². The minimum Gasteiger partial charge on any atom is -0.314 e. The van der Waals surface area contributed by atoms with Gasteiger partial charge >= 0.3 is 0 Å². The van der Waals surface area contributed by atoms with Crippen LogP contribution in [0, 0.1) is 11.3 Å². The topological polar surface area (TPSA) is 12.0 Å². The number of hydrogen-bond acceptors (Lipinski definition) is 2. The molecule has 1 spiro atoms. The minimum absolute atomic E-state index is 0.655. The van der Waals surface area contributed by atoms with E-state index < -0.39 is 0 Å². The normalized spacial score (nSPS) is 43.4. The van der Waals surface area contributed by atoms with Crippen LogP contribution in [0.1, 0.15) is 33.6 Å². The second-order valence-electron chi connectivity index (χ2n) is 4.96. The van der Waals surface area contributed by atoms with Crippen molar-refractivity contribution >= 4 is 11.8 Å². The largest absolute Gasteiger partial charge is 0.314 e.